The van der Waals surface area contributed by atoms with Crippen molar-refractivity contribution in [3.05, 3.63) is 35.4 Å². The fourth-order valence-corrected chi connectivity index (χ4v) is 0.923. The number of rotatable bonds is 3. The third-order valence-electron chi connectivity index (χ3n) is 1.62. The maximum absolute atomic E-state index is 10.6. The number of hydrogen-bond donors (Lipinski definition) is 3. The first-order valence-electron chi connectivity index (χ1n) is 4.10. The predicted molar refractivity (Wildman–Crippen MR) is 52.6 cm³/mol. The molecule has 0 aliphatic heterocycles. The van der Waals surface area contributed by atoms with E-state index in [0.29, 0.717) is 5.56 Å². The van der Waals surface area contributed by atoms with Crippen LogP contribution in [0, 0.1) is 0 Å². The lowest BCUT2D eigenvalue weighted by Gasteiger charge is -2.01. The minimum atomic E-state index is -1.63. The van der Waals surface area contributed by atoms with E-state index in [-0.39, 0.29) is 10.7 Å². The fourth-order valence-electron chi connectivity index (χ4n) is 0.923. The Morgan fingerprint density at radius 2 is 2.00 bits per heavy atom. The zero-order valence-electron chi connectivity index (χ0n) is 7.94. The number of amides is 1. The lowest BCUT2D eigenvalue weighted by atomic mass is 10.1. The molecule has 7 heteroatoms. The molecule has 0 aromatic heterocycles. The maximum Gasteiger partial charge on any atom is 0.453 e. The normalized spacial score (nSPS) is 10.3. The van der Waals surface area contributed by atoms with E-state index in [1.807, 2.05) is 0 Å². The van der Waals surface area contributed by atoms with Gasteiger partial charge >= 0.3 is 12.1 Å². The third-order valence-corrected chi connectivity index (χ3v) is 1.62. The summed E-state index contributed by atoms with van der Waals surface area (Å²) in [5.41, 5.74) is 0.406. The van der Waals surface area contributed by atoms with Crippen LogP contribution in [0.2, 0.25) is 0 Å². The Morgan fingerprint density at radius 3 is 2.56 bits per heavy atom. The number of nitrogens with zero attached hydrogens (tertiary/aromatic N) is 2. The fraction of sp³-hybridized carbons (Fsp3) is 0. The number of carboxylic acids is 1. The van der Waals surface area contributed by atoms with Gasteiger partial charge in [-0.05, 0) is 17.7 Å². The second kappa shape index (κ2) is 4.89. The summed E-state index contributed by atoms with van der Waals surface area (Å²) in [6, 6.07) is 5.67. The smallest absolute Gasteiger partial charge is 0.453 e. The van der Waals surface area contributed by atoms with Crippen LogP contribution >= 0.6 is 0 Å². The molecule has 0 heterocycles. The molecule has 1 amide bonds. The molecule has 0 bridgehead atoms. The van der Waals surface area contributed by atoms with Crippen molar-refractivity contribution in [2.45, 2.75) is 0 Å². The number of hydrazone groups is 1. The van der Waals surface area contributed by atoms with E-state index in [0.717, 1.165) is 6.21 Å². The summed E-state index contributed by atoms with van der Waals surface area (Å²) >= 11 is 0. The Labute approximate surface area is 89.8 Å². The first-order valence-corrected chi connectivity index (χ1v) is 4.10. The topological polar surface area (TPSA) is 110 Å². The molecule has 0 aliphatic carbocycles. The lowest BCUT2D eigenvalue weighted by Crippen LogP contribution is -2.19. The quantitative estimate of drug-likeness (QED) is 0.404. The van der Waals surface area contributed by atoms with Gasteiger partial charge in [-0.1, -0.05) is 17.3 Å². The first kappa shape index (κ1) is 11.7. The minimum absolute atomic E-state index is 0.0452. The molecule has 7 nitrogen and oxygen atoms in total. The molecule has 1 aromatic carbocycles. The molecule has 0 saturated carbocycles. The summed E-state index contributed by atoms with van der Waals surface area (Å²) < 4.78 is 0. The largest absolute Gasteiger partial charge is 0.478 e. The van der Waals surface area contributed by atoms with Gasteiger partial charge in [-0.2, -0.15) is 0 Å². The zero-order valence-corrected chi connectivity index (χ0v) is 7.94. The molecule has 16 heavy (non-hydrogen) atoms. The molecule has 3 N–H and O–H groups in total. The van der Waals surface area contributed by atoms with E-state index in [2.05, 4.69) is 5.10 Å². The summed E-state index contributed by atoms with van der Waals surface area (Å²) in [4.78, 5) is 20.8. The minimum Gasteiger partial charge on any atom is -0.478 e. The summed E-state index contributed by atoms with van der Waals surface area (Å²) in [6.45, 7) is 0. The molecule has 0 radical (unpaired) electrons. The molecule has 84 valence electrons. The maximum atomic E-state index is 10.6. The van der Waals surface area contributed by atoms with Gasteiger partial charge in [0.05, 0.1) is 11.8 Å². The highest BCUT2D eigenvalue weighted by Crippen LogP contribution is 2.03. The molecule has 0 saturated heterocycles. The molecular weight excluding hydrogens is 216 g/mol. The number of hydroxylamine groups is 1. The highest BCUT2D eigenvalue weighted by molar-refractivity contribution is 5.91. The molecule has 1 rings (SSSR count). The van der Waals surface area contributed by atoms with Crippen LogP contribution in [-0.2, 0) is 0 Å². The van der Waals surface area contributed by atoms with Gasteiger partial charge < -0.3 is 10.2 Å². The van der Waals surface area contributed by atoms with E-state index >= 15 is 0 Å². The summed E-state index contributed by atoms with van der Waals surface area (Å²) in [7, 11) is 0. The van der Waals surface area contributed by atoms with Crippen molar-refractivity contribution >= 4 is 18.3 Å². The average molecular weight is 224 g/mol. The molecule has 0 fully saturated rings. The van der Waals surface area contributed by atoms with Crippen LogP contribution < -0.4 is 0 Å². The van der Waals surface area contributed by atoms with Gasteiger partial charge in [-0.3, -0.25) is 5.21 Å². The SMILES string of the molecule is O=C(O)c1cccc(C=NN(O)C(=O)O)c1. The monoisotopic (exact) mass is 224 g/mol. The van der Waals surface area contributed by atoms with Gasteiger partial charge in [-0.15, -0.1) is 5.10 Å². The Hall–Kier alpha value is -2.41. The van der Waals surface area contributed by atoms with Gasteiger partial charge in [0.2, 0.25) is 0 Å². The number of benzene rings is 1. The van der Waals surface area contributed by atoms with Crippen LogP contribution in [0.3, 0.4) is 0 Å². The predicted octanol–water partition coefficient (Wildman–Crippen LogP) is 1.09. The summed E-state index contributed by atoms with van der Waals surface area (Å²) in [5.74, 6) is -1.10. The summed E-state index contributed by atoms with van der Waals surface area (Å²) in [5, 5.41) is 28.5. The molecule has 0 atom stereocenters. The zero-order chi connectivity index (χ0) is 12.1. The van der Waals surface area contributed by atoms with Gasteiger partial charge in [-0.25, -0.2) is 9.59 Å². The van der Waals surface area contributed by atoms with Crippen LogP contribution in [0.5, 0.6) is 0 Å². The van der Waals surface area contributed by atoms with Crippen molar-refractivity contribution in [1.82, 2.24) is 5.17 Å². The number of carboxylic acid groups (broad SMARTS) is 2. The van der Waals surface area contributed by atoms with Gasteiger partial charge in [0, 0.05) is 0 Å². The van der Waals surface area contributed by atoms with Crippen LogP contribution in [0.15, 0.2) is 29.4 Å². The summed E-state index contributed by atoms with van der Waals surface area (Å²) in [6.07, 6.45) is -0.605. The van der Waals surface area contributed by atoms with E-state index in [4.69, 9.17) is 15.4 Å². The van der Waals surface area contributed by atoms with E-state index < -0.39 is 12.1 Å². The highest BCUT2D eigenvalue weighted by Gasteiger charge is 2.05. The third kappa shape index (κ3) is 3.07. The van der Waals surface area contributed by atoms with Crippen LogP contribution in [0.25, 0.3) is 0 Å². The Balaban J connectivity index is 2.85. The Bertz CT molecular complexity index is 443. The van der Waals surface area contributed by atoms with Gasteiger partial charge in [0.1, 0.15) is 0 Å². The van der Waals surface area contributed by atoms with Crippen molar-refractivity contribution in [3.8, 4) is 0 Å². The van der Waals surface area contributed by atoms with Gasteiger partial charge in [0.15, 0.2) is 0 Å². The average Bonchev–Trinajstić information content (AvgIpc) is 2.26. The van der Waals surface area contributed by atoms with E-state index in [9.17, 15) is 9.59 Å². The molecule has 1 aromatic rings. The Kier molecular flexibility index (Phi) is 3.57. The molecule has 0 aliphatic rings. The van der Waals surface area contributed by atoms with Crippen LogP contribution in [0.4, 0.5) is 4.79 Å². The Morgan fingerprint density at radius 1 is 1.31 bits per heavy atom. The van der Waals surface area contributed by atoms with Crippen LogP contribution in [0.1, 0.15) is 15.9 Å². The first-order chi connectivity index (χ1) is 7.50. The number of carbonyl (C=O) groups is 2. The molecule has 0 unspecified atom stereocenters. The van der Waals surface area contributed by atoms with Crippen molar-refractivity contribution in [3.63, 3.8) is 0 Å². The van der Waals surface area contributed by atoms with Gasteiger partial charge in [0.25, 0.3) is 0 Å². The highest BCUT2D eigenvalue weighted by atomic mass is 16.6. The van der Waals surface area contributed by atoms with Crippen molar-refractivity contribution < 1.29 is 25.0 Å². The van der Waals surface area contributed by atoms with Crippen molar-refractivity contribution in [1.29, 1.82) is 0 Å². The second-order valence-corrected chi connectivity index (χ2v) is 2.75. The van der Waals surface area contributed by atoms with E-state index in [1.165, 1.54) is 24.3 Å². The van der Waals surface area contributed by atoms with Crippen molar-refractivity contribution in [2.75, 3.05) is 0 Å². The number of hydrogen-bond acceptors (Lipinski definition) is 4. The van der Waals surface area contributed by atoms with Crippen LogP contribution in [-0.4, -0.2) is 38.9 Å². The second-order valence-electron chi connectivity index (χ2n) is 2.75. The molecular formula is C9H8N2O5. The lowest BCUT2D eigenvalue weighted by molar-refractivity contribution is -0.0616. The molecule has 0 spiro atoms. The standard InChI is InChI=1S/C9H8N2O5/c12-8(13)7-3-1-2-6(4-7)5-10-11(16)9(14)15/h1-5,16H,(H,12,13)(H,14,15). The van der Waals surface area contributed by atoms with E-state index in [1.54, 1.807) is 0 Å². The van der Waals surface area contributed by atoms with Crippen molar-refractivity contribution in [2.24, 2.45) is 5.10 Å². The number of aromatic carboxylic acids is 1.